The Morgan fingerprint density at radius 3 is 3.06 bits per heavy atom. The normalized spacial score (nSPS) is 15.8. The van der Waals surface area contributed by atoms with Gasteiger partial charge in [0.2, 0.25) is 0 Å². The van der Waals surface area contributed by atoms with E-state index in [0.29, 0.717) is 6.04 Å². The van der Waals surface area contributed by atoms with Crippen molar-refractivity contribution in [3.63, 3.8) is 0 Å². The van der Waals surface area contributed by atoms with Gasteiger partial charge in [-0.15, -0.1) is 11.3 Å². The van der Waals surface area contributed by atoms with Crippen LogP contribution in [-0.2, 0) is 19.3 Å². The van der Waals surface area contributed by atoms with Gasteiger partial charge in [-0.1, -0.05) is 0 Å². The molecule has 18 heavy (non-hydrogen) atoms. The smallest absolute Gasteiger partial charge is 0.0556 e. The van der Waals surface area contributed by atoms with Gasteiger partial charge < -0.3 is 0 Å². The minimum Gasteiger partial charge on any atom is -0.271 e. The molecule has 1 aliphatic rings. The van der Waals surface area contributed by atoms with Gasteiger partial charge in [-0.2, -0.15) is 11.3 Å². The molecule has 96 valence electrons. The number of hydrogen-bond donors (Lipinski definition) is 2. The molecule has 4 heteroatoms. The molecule has 0 spiro atoms. The van der Waals surface area contributed by atoms with Gasteiger partial charge in [0.1, 0.15) is 0 Å². The van der Waals surface area contributed by atoms with Crippen LogP contribution in [0.5, 0.6) is 0 Å². The molecule has 2 aromatic heterocycles. The predicted molar refractivity (Wildman–Crippen MR) is 79.0 cm³/mol. The number of thiophene rings is 2. The maximum absolute atomic E-state index is 5.72. The number of hydrazine groups is 1. The number of nitrogens with two attached hydrogens (primary N) is 1. The standard InChI is InChI=1S/C14H18N2S2/c15-16-12(5-4-10-6-7-17-9-10)14-8-11-2-1-3-13(11)18-14/h6-9,12,16H,1-5,15H2. The van der Waals surface area contributed by atoms with Gasteiger partial charge in [0.05, 0.1) is 6.04 Å². The average Bonchev–Trinajstić information content (AvgIpc) is 3.04. The lowest BCUT2D eigenvalue weighted by atomic mass is 10.1. The van der Waals surface area contributed by atoms with Crippen LogP contribution < -0.4 is 11.3 Å². The summed E-state index contributed by atoms with van der Waals surface area (Å²) < 4.78 is 0. The Morgan fingerprint density at radius 1 is 1.39 bits per heavy atom. The lowest BCUT2D eigenvalue weighted by molar-refractivity contribution is 0.524. The molecule has 3 N–H and O–H groups in total. The summed E-state index contributed by atoms with van der Waals surface area (Å²) in [5.74, 6) is 5.72. The quantitative estimate of drug-likeness (QED) is 0.649. The number of fused-ring (bicyclic) bond motifs is 1. The minimum absolute atomic E-state index is 0.306. The first kappa shape index (κ1) is 12.4. The van der Waals surface area contributed by atoms with Crippen LogP contribution in [0, 0.1) is 0 Å². The van der Waals surface area contributed by atoms with E-state index >= 15 is 0 Å². The fourth-order valence-corrected chi connectivity index (χ4v) is 4.63. The van der Waals surface area contributed by atoms with Crippen molar-refractivity contribution in [2.75, 3.05) is 0 Å². The minimum atomic E-state index is 0.306. The van der Waals surface area contributed by atoms with E-state index in [1.165, 1.54) is 29.7 Å². The highest BCUT2D eigenvalue weighted by Crippen LogP contribution is 2.34. The number of rotatable bonds is 5. The van der Waals surface area contributed by atoms with Gasteiger partial charge in [-0.25, -0.2) is 0 Å². The van der Waals surface area contributed by atoms with Crippen molar-refractivity contribution in [3.05, 3.63) is 43.8 Å². The first-order valence-corrected chi connectivity index (χ1v) is 8.21. The van der Waals surface area contributed by atoms with Crippen molar-refractivity contribution in [1.82, 2.24) is 5.43 Å². The summed E-state index contributed by atoms with van der Waals surface area (Å²) in [6, 6.07) is 4.87. The summed E-state index contributed by atoms with van der Waals surface area (Å²) in [5.41, 5.74) is 5.96. The highest BCUT2D eigenvalue weighted by molar-refractivity contribution is 7.12. The second-order valence-electron chi connectivity index (χ2n) is 4.84. The zero-order valence-corrected chi connectivity index (χ0v) is 11.9. The van der Waals surface area contributed by atoms with Crippen LogP contribution in [-0.4, -0.2) is 0 Å². The Balaban J connectivity index is 1.67. The van der Waals surface area contributed by atoms with E-state index < -0.39 is 0 Å². The monoisotopic (exact) mass is 278 g/mol. The lowest BCUT2D eigenvalue weighted by Gasteiger charge is -2.13. The summed E-state index contributed by atoms with van der Waals surface area (Å²) >= 11 is 3.72. The molecule has 0 fully saturated rings. The third-order valence-electron chi connectivity index (χ3n) is 3.61. The average molecular weight is 278 g/mol. The zero-order chi connectivity index (χ0) is 12.4. The number of hydrogen-bond acceptors (Lipinski definition) is 4. The molecule has 0 amide bonds. The second kappa shape index (κ2) is 5.53. The molecule has 0 radical (unpaired) electrons. The SMILES string of the molecule is NNC(CCc1ccsc1)c1cc2c(s1)CCC2. The van der Waals surface area contributed by atoms with Gasteiger partial charge in [-0.3, -0.25) is 11.3 Å². The molecule has 1 unspecified atom stereocenters. The molecular weight excluding hydrogens is 260 g/mol. The molecule has 0 saturated heterocycles. The molecule has 3 rings (SSSR count). The fraction of sp³-hybridized carbons (Fsp3) is 0.429. The third-order valence-corrected chi connectivity index (χ3v) is 5.69. The summed E-state index contributed by atoms with van der Waals surface area (Å²) in [6.45, 7) is 0. The fourth-order valence-electron chi connectivity index (χ4n) is 2.58. The molecule has 1 atom stereocenters. The first-order chi connectivity index (χ1) is 8.86. The van der Waals surface area contributed by atoms with E-state index in [1.807, 2.05) is 11.3 Å². The molecule has 2 nitrogen and oxygen atoms in total. The van der Waals surface area contributed by atoms with E-state index in [9.17, 15) is 0 Å². The van der Waals surface area contributed by atoms with Crippen molar-refractivity contribution in [2.45, 2.75) is 38.1 Å². The molecule has 2 heterocycles. The summed E-state index contributed by atoms with van der Waals surface area (Å²) in [4.78, 5) is 3.00. The van der Waals surface area contributed by atoms with E-state index in [0.717, 1.165) is 12.8 Å². The van der Waals surface area contributed by atoms with Gasteiger partial charge in [0.15, 0.2) is 0 Å². The maximum Gasteiger partial charge on any atom is 0.0556 e. The molecule has 2 aromatic rings. The van der Waals surface area contributed by atoms with E-state index in [1.54, 1.807) is 21.8 Å². The first-order valence-electron chi connectivity index (χ1n) is 6.45. The molecular formula is C14H18N2S2. The lowest BCUT2D eigenvalue weighted by Crippen LogP contribution is -2.27. The van der Waals surface area contributed by atoms with Crippen LogP contribution in [0.4, 0.5) is 0 Å². The Bertz CT molecular complexity index is 480. The Hall–Kier alpha value is -0.680. The summed E-state index contributed by atoms with van der Waals surface area (Å²) in [5, 5.41) is 4.36. The maximum atomic E-state index is 5.72. The highest BCUT2D eigenvalue weighted by atomic mass is 32.1. The molecule has 0 saturated carbocycles. The number of nitrogens with one attached hydrogen (secondary N) is 1. The van der Waals surface area contributed by atoms with E-state index in [4.69, 9.17) is 5.84 Å². The van der Waals surface area contributed by atoms with Crippen LogP contribution in [0.1, 0.15) is 39.8 Å². The number of aryl methyl sites for hydroxylation is 3. The van der Waals surface area contributed by atoms with Crippen molar-refractivity contribution in [1.29, 1.82) is 0 Å². The van der Waals surface area contributed by atoms with Crippen molar-refractivity contribution in [2.24, 2.45) is 5.84 Å². The van der Waals surface area contributed by atoms with Crippen LogP contribution in [0.3, 0.4) is 0 Å². The summed E-state index contributed by atoms with van der Waals surface area (Å²) in [6.07, 6.45) is 6.03. The second-order valence-corrected chi connectivity index (χ2v) is 6.79. The van der Waals surface area contributed by atoms with Crippen LogP contribution in [0.15, 0.2) is 22.9 Å². The van der Waals surface area contributed by atoms with Crippen LogP contribution in [0.25, 0.3) is 0 Å². The molecule has 1 aliphatic carbocycles. The van der Waals surface area contributed by atoms with Gasteiger partial charge in [0.25, 0.3) is 0 Å². The summed E-state index contributed by atoms with van der Waals surface area (Å²) in [7, 11) is 0. The Labute approximate surface area is 116 Å². The van der Waals surface area contributed by atoms with Gasteiger partial charge in [-0.05, 0) is 66.1 Å². The molecule has 0 bridgehead atoms. The van der Waals surface area contributed by atoms with Gasteiger partial charge >= 0.3 is 0 Å². The van der Waals surface area contributed by atoms with E-state index in [2.05, 4.69) is 28.3 Å². The molecule has 0 aromatic carbocycles. The molecule has 0 aliphatic heterocycles. The highest BCUT2D eigenvalue weighted by Gasteiger charge is 2.19. The van der Waals surface area contributed by atoms with E-state index in [-0.39, 0.29) is 0 Å². The van der Waals surface area contributed by atoms with Crippen molar-refractivity contribution in [3.8, 4) is 0 Å². The van der Waals surface area contributed by atoms with Gasteiger partial charge in [0, 0.05) is 9.75 Å². The van der Waals surface area contributed by atoms with Crippen molar-refractivity contribution >= 4 is 22.7 Å². The Kier molecular flexibility index (Phi) is 3.80. The van der Waals surface area contributed by atoms with Crippen molar-refractivity contribution < 1.29 is 0 Å². The van der Waals surface area contributed by atoms with Crippen LogP contribution >= 0.6 is 22.7 Å². The predicted octanol–water partition coefficient (Wildman–Crippen LogP) is 3.44. The Morgan fingerprint density at radius 2 is 2.33 bits per heavy atom. The largest absolute Gasteiger partial charge is 0.271 e. The third kappa shape index (κ3) is 2.52. The zero-order valence-electron chi connectivity index (χ0n) is 10.3. The van der Waals surface area contributed by atoms with Crippen LogP contribution in [0.2, 0.25) is 0 Å². The topological polar surface area (TPSA) is 38.0 Å².